The molecule has 9 heteroatoms. The molecule has 2 bridgehead atoms. The van der Waals surface area contributed by atoms with Crippen molar-refractivity contribution in [3.8, 4) is 0 Å². The molecule has 2 aromatic carbocycles. The van der Waals surface area contributed by atoms with Crippen molar-refractivity contribution in [1.82, 2.24) is 4.90 Å². The van der Waals surface area contributed by atoms with Crippen LogP contribution in [0.4, 0.5) is 5.69 Å². The van der Waals surface area contributed by atoms with Crippen LogP contribution in [-0.4, -0.2) is 69.6 Å². The number of halogens is 1. The van der Waals surface area contributed by atoms with E-state index in [0.29, 0.717) is 23.6 Å². The average molecular weight is 583 g/mol. The summed E-state index contributed by atoms with van der Waals surface area (Å²) in [6.07, 6.45) is 2.74. The summed E-state index contributed by atoms with van der Waals surface area (Å²) in [6.45, 7) is 7.83. The fourth-order valence-electron chi connectivity index (χ4n) is 7.00. The molecule has 212 valence electrons. The number of amides is 2. The number of carbonyl (C=O) groups is 3. The third-order valence-electron chi connectivity index (χ3n) is 8.61. The second kappa shape index (κ2) is 11.6. The van der Waals surface area contributed by atoms with Crippen LogP contribution < -0.4 is 4.90 Å². The normalized spacial score (nSPS) is 29.2. The monoisotopic (exact) mass is 582 g/mol. The lowest BCUT2D eigenvalue weighted by Crippen LogP contribution is -2.59. The molecule has 0 aromatic heterocycles. The van der Waals surface area contributed by atoms with Crippen molar-refractivity contribution in [3.05, 3.63) is 77.8 Å². The van der Waals surface area contributed by atoms with Gasteiger partial charge in [0.15, 0.2) is 0 Å². The lowest BCUT2D eigenvalue weighted by Gasteiger charge is -2.42. The van der Waals surface area contributed by atoms with Gasteiger partial charge in [0.1, 0.15) is 6.04 Å². The van der Waals surface area contributed by atoms with E-state index in [1.54, 1.807) is 58.8 Å². The summed E-state index contributed by atoms with van der Waals surface area (Å²) < 4.78 is 4.63. The van der Waals surface area contributed by atoms with Gasteiger partial charge in [0.2, 0.25) is 5.91 Å². The molecule has 3 saturated heterocycles. The SMILES string of the molecule is C=CCN(C(=O)C1N([C@@H](CO)Cc2ccccc2)C(=O)[C@@H]2[C@@H](C(=O)OCC)[C@H]3CC(C)C12S3)c1ccc(Cl)cc1. The molecular weight excluding hydrogens is 548 g/mol. The minimum absolute atomic E-state index is 0.00653. The molecule has 1 spiro atoms. The molecular formula is C31H35ClN2O5S. The number of ether oxygens (including phenoxy) is 1. The van der Waals surface area contributed by atoms with Gasteiger partial charge < -0.3 is 19.6 Å². The summed E-state index contributed by atoms with van der Waals surface area (Å²) in [5, 5.41) is 11.1. The van der Waals surface area contributed by atoms with Gasteiger partial charge in [-0.15, -0.1) is 18.3 Å². The highest BCUT2D eigenvalue weighted by Crippen LogP contribution is 2.69. The number of esters is 1. The molecule has 2 aromatic rings. The molecule has 3 unspecified atom stereocenters. The summed E-state index contributed by atoms with van der Waals surface area (Å²) >= 11 is 7.73. The van der Waals surface area contributed by atoms with Gasteiger partial charge in [-0.1, -0.05) is 54.9 Å². The van der Waals surface area contributed by atoms with Crippen LogP contribution in [0, 0.1) is 17.8 Å². The Morgan fingerprint density at radius 2 is 1.95 bits per heavy atom. The van der Waals surface area contributed by atoms with E-state index in [4.69, 9.17) is 16.3 Å². The number of hydrogen-bond donors (Lipinski definition) is 1. The van der Waals surface area contributed by atoms with Crippen molar-refractivity contribution >= 4 is 46.8 Å². The molecule has 7 atom stereocenters. The van der Waals surface area contributed by atoms with E-state index >= 15 is 0 Å². The van der Waals surface area contributed by atoms with Crippen LogP contribution in [0.3, 0.4) is 0 Å². The highest BCUT2D eigenvalue weighted by atomic mass is 35.5. The summed E-state index contributed by atoms with van der Waals surface area (Å²) in [4.78, 5) is 45.7. The first-order valence-electron chi connectivity index (χ1n) is 13.8. The number of aliphatic hydroxyl groups excluding tert-OH is 1. The predicted octanol–water partition coefficient (Wildman–Crippen LogP) is 4.36. The van der Waals surface area contributed by atoms with E-state index < -0.39 is 28.7 Å². The van der Waals surface area contributed by atoms with Crippen molar-refractivity contribution < 1.29 is 24.2 Å². The maximum Gasteiger partial charge on any atom is 0.310 e. The number of carbonyl (C=O) groups excluding carboxylic acids is 3. The second-order valence-electron chi connectivity index (χ2n) is 10.8. The summed E-state index contributed by atoms with van der Waals surface area (Å²) in [6, 6.07) is 15.1. The number of hydrogen-bond acceptors (Lipinski definition) is 6. The first-order chi connectivity index (χ1) is 19.3. The molecule has 3 heterocycles. The van der Waals surface area contributed by atoms with Gasteiger partial charge in [-0.3, -0.25) is 14.4 Å². The van der Waals surface area contributed by atoms with Crippen LogP contribution in [-0.2, 0) is 25.5 Å². The highest BCUT2D eigenvalue weighted by Gasteiger charge is 2.77. The van der Waals surface area contributed by atoms with E-state index in [1.807, 2.05) is 30.3 Å². The number of thioether (sulfide) groups is 1. The summed E-state index contributed by atoms with van der Waals surface area (Å²) in [5.74, 6) is -2.25. The topological polar surface area (TPSA) is 87.2 Å². The largest absolute Gasteiger partial charge is 0.466 e. The van der Waals surface area contributed by atoms with Crippen LogP contribution in [0.15, 0.2) is 67.3 Å². The predicted molar refractivity (Wildman–Crippen MR) is 157 cm³/mol. The van der Waals surface area contributed by atoms with Crippen LogP contribution in [0.1, 0.15) is 25.8 Å². The van der Waals surface area contributed by atoms with E-state index in [0.717, 1.165) is 5.56 Å². The van der Waals surface area contributed by atoms with Crippen LogP contribution in [0.5, 0.6) is 0 Å². The second-order valence-corrected chi connectivity index (χ2v) is 12.8. The van der Waals surface area contributed by atoms with Gasteiger partial charge in [0.25, 0.3) is 5.91 Å². The van der Waals surface area contributed by atoms with Crippen molar-refractivity contribution in [2.45, 2.75) is 48.8 Å². The lowest BCUT2D eigenvalue weighted by atomic mass is 9.66. The molecule has 5 rings (SSSR count). The van der Waals surface area contributed by atoms with Crippen LogP contribution >= 0.6 is 23.4 Å². The van der Waals surface area contributed by atoms with Crippen molar-refractivity contribution in [2.24, 2.45) is 17.8 Å². The first kappa shape index (κ1) is 28.7. The number of aliphatic hydroxyl groups is 1. The smallest absolute Gasteiger partial charge is 0.310 e. The van der Waals surface area contributed by atoms with E-state index in [2.05, 4.69) is 13.5 Å². The van der Waals surface area contributed by atoms with E-state index in [1.165, 1.54) is 0 Å². The Morgan fingerprint density at radius 3 is 2.58 bits per heavy atom. The third-order valence-corrected chi connectivity index (χ3v) is 10.9. The zero-order chi connectivity index (χ0) is 28.6. The molecule has 7 nitrogen and oxygen atoms in total. The fraction of sp³-hybridized carbons (Fsp3) is 0.452. The minimum Gasteiger partial charge on any atom is -0.466 e. The third kappa shape index (κ3) is 4.64. The lowest BCUT2D eigenvalue weighted by molar-refractivity contribution is -0.154. The van der Waals surface area contributed by atoms with Gasteiger partial charge in [-0.25, -0.2) is 0 Å². The maximum absolute atomic E-state index is 14.8. The molecule has 3 aliphatic rings. The Kier molecular flexibility index (Phi) is 8.32. The maximum atomic E-state index is 14.8. The van der Waals surface area contributed by atoms with Crippen molar-refractivity contribution in [1.29, 1.82) is 0 Å². The minimum atomic E-state index is -0.883. The molecule has 40 heavy (non-hydrogen) atoms. The van der Waals surface area contributed by atoms with Crippen molar-refractivity contribution in [2.75, 3.05) is 24.7 Å². The van der Waals surface area contributed by atoms with E-state index in [-0.39, 0.29) is 48.7 Å². The standard InChI is InChI=1S/C31H35ClN2O5S/c1-4-15-33(22-13-11-21(32)12-14-22)29(37)27-31-19(3)16-24(40-31)25(30(38)39-5-2)26(31)28(36)34(27)23(18-35)17-20-9-7-6-8-10-20/h4,6-14,19,23-27,35H,1,5,15-18H2,2-3H3/t19?,23-,24-,25+,26+,27?,31?/m1/s1. The Balaban J connectivity index is 1.63. The molecule has 0 aliphatic carbocycles. The molecule has 2 amide bonds. The Morgan fingerprint density at radius 1 is 1.25 bits per heavy atom. The number of anilines is 1. The Hall–Kier alpha value is -2.81. The zero-order valence-electron chi connectivity index (χ0n) is 22.7. The van der Waals surface area contributed by atoms with Crippen molar-refractivity contribution in [3.63, 3.8) is 0 Å². The molecule has 1 N–H and O–H groups in total. The Labute approximate surface area is 244 Å². The van der Waals surface area contributed by atoms with Gasteiger partial charge in [0, 0.05) is 22.5 Å². The molecule has 3 aliphatic heterocycles. The van der Waals surface area contributed by atoms with Gasteiger partial charge in [-0.2, -0.15) is 0 Å². The quantitative estimate of drug-likeness (QED) is 0.331. The van der Waals surface area contributed by atoms with Gasteiger partial charge >= 0.3 is 5.97 Å². The number of likely N-dealkylation sites (tertiary alicyclic amines) is 1. The number of rotatable bonds is 10. The molecule has 0 saturated carbocycles. The highest BCUT2D eigenvalue weighted by molar-refractivity contribution is 8.02. The van der Waals surface area contributed by atoms with Crippen LogP contribution in [0.2, 0.25) is 5.02 Å². The number of fused-ring (bicyclic) bond motifs is 1. The van der Waals surface area contributed by atoms with Gasteiger partial charge in [0.05, 0.1) is 35.8 Å². The first-order valence-corrected chi connectivity index (χ1v) is 15.0. The molecule has 3 fully saturated rings. The van der Waals surface area contributed by atoms with E-state index in [9.17, 15) is 19.5 Å². The fourth-order valence-corrected chi connectivity index (χ4v) is 9.51. The number of nitrogens with zero attached hydrogens (tertiary/aromatic N) is 2. The zero-order valence-corrected chi connectivity index (χ0v) is 24.3. The average Bonchev–Trinajstić information content (AvgIpc) is 3.55. The van der Waals surface area contributed by atoms with Gasteiger partial charge in [-0.05, 0) is 55.5 Å². The summed E-state index contributed by atoms with van der Waals surface area (Å²) in [7, 11) is 0. The molecule has 0 radical (unpaired) electrons. The van der Waals surface area contributed by atoms with Crippen LogP contribution in [0.25, 0.3) is 0 Å². The summed E-state index contributed by atoms with van der Waals surface area (Å²) in [5.41, 5.74) is 1.58. The Bertz CT molecular complexity index is 1270. The number of benzene rings is 2.